The zero-order valence-corrected chi connectivity index (χ0v) is 13.6. The fourth-order valence-electron chi connectivity index (χ4n) is 3.10. The molecule has 0 saturated carbocycles. The third-order valence-electron chi connectivity index (χ3n) is 4.11. The van der Waals surface area contributed by atoms with Gasteiger partial charge in [0.1, 0.15) is 0 Å². The molecular weight excluding hydrogens is 236 g/mol. The molecule has 1 aliphatic heterocycles. The molecule has 0 spiro atoms. The van der Waals surface area contributed by atoms with Gasteiger partial charge in [0.15, 0.2) is 0 Å². The van der Waals surface area contributed by atoms with Gasteiger partial charge >= 0.3 is 0 Å². The van der Waals surface area contributed by atoms with Gasteiger partial charge in [-0.15, -0.1) is 0 Å². The van der Waals surface area contributed by atoms with Crippen LogP contribution in [0.15, 0.2) is 0 Å². The van der Waals surface area contributed by atoms with Crippen LogP contribution in [0.4, 0.5) is 0 Å². The van der Waals surface area contributed by atoms with E-state index in [0.717, 1.165) is 19.7 Å². The fraction of sp³-hybridized carbons (Fsp3) is 1.00. The Morgan fingerprint density at radius 1 is 1.21 bits per heavy atom. The number of nitrogens with zero attached hydrogens (tertiary/aromatic N) is 1. The lowest BCUT2D eigenvalue weighted by Crippen LogP contribution is -2.45. The van der Waals surface area contributed by atoms with Crippen molar-refractivity contribution in [3.8, 4) is 0 Å². The molecule has 114 valence electrons. The number of rotatable bonds is 8. The smallest absolute Gasteiger partial charge is 0.0589 e. The molecule has 0 aromatic rings. The van der Waals surface area contributed by atoms with Crippen molar-refractivity contribution in [1.82, 2.24) is 10.2 Å². The highest BCUT2D eigenvalue weighted by atomic mass is 16.5. The third kappa shape index (κ3) is 6.24. The minimum atomic E-state index is 0.488. The highest BCUT2D eigenvalue weighted by molar-refractivity contribution is 4.78. The van der Waals surface area contributed by atoms with Crippen molar-refractivity contribution in [3.63, 3.8) is 0 Å². The van der Waals surface area contributed by atoms with Gasteiger partial charge in [0.05, 0.1) is 6.10 Å². The summed E-state index contributed by atoms with van der Waals surface area (Å²) in [5.74, 6) is 0. The van der Waals surface area contributed by atoms with E-state index in [9.17, 15) is 0 Å². The summed E-state index contributed by atoms with van der Waals surface area (Å²) < 4.78 is 5.80. The van der Waals surface area contributed by atoms with Crippen molar-refractivity contribution in [2.45, 2.75) is 84.5 Å². The van der Waals surface area contributed by atoms with E-state index in [1.807, 2.05) is 0 Å². The Bertz CT molecular complexity index is 221. The summed E-state index contributed by atoms with van der Waals surface area (Å²) in [6, 6.07) is 1.92. The Labute approximate surface area is 120 Å². The quantitative estimate of drug-likeness (QED) is 0.734. The Balaban J connectivity index is 2.24. The van der Waals surface area contributed by atoms with E-state index in [0.29, 0.717) is 24.2 Å². The predicted octanol–water partition coefficient (Wildman–Crippen LogP) is 3.04. The molecule has 2 atom stereocenters. The highest BCUT2D eigenvalue weighted by Crippen LogP contribution is 2.17. The van der Waals surface area contributed by atoms with Crippen molar-refractivity contribution in [2.24, 2.45) is 0 Å². The Hall–Kier alpha value is -0.120. The van der Waals surface area contributed by atoms with Gasteiger partial charge in [-0.1, -0.05) is 13.3 Å². The molecule has 0 aromatic carbocycles. The van der Waals surface area contributed by atoms with Crippen LogP contribution < -0.4 is 5.32 Å². The molecule has 0 aromatic heterocycles. The lowest BCUT2D eigenvalue weighted by Gasteiger charge is -2.33. The van der Waals surface area contributed by atoms with Gasteiger partial charge in [0, 0.05) is 37.8 Å². The highest BCUT2D eigenvalue weighted by Gasteiger charge is 2.21. The molecule has 3 nitrogen and oxygen atoms in total. The zero-order chi connectivity index (χ0) is 14.3. The normalized spacial score (nSPS) is 24.6. The van der Waals surface area contributed by atoms with Crippen molar-refractivity contribution < 1.29 is 4.74 Å². The first-order valence-corrected chi connectivity index (χ1v) is 8.15. The second kappa shape index (κ2) is 8.93. The first-order chi connectivity index (χ1) is 9.04. The van der Waals surface area contributed by atoms with Gasteiger partial charge < -0.3 is 10.1 Å². The van der Waals surface area contributed by atoms with Gasteiger partial charge in [0.2, 0.25) is 0 Å². The van der Waals surface area contributed by atoms with Crippen LogP contribution in [0.1, 0.15) is 60.3 Å². The fourth-order valence-corrected chi connectivity index (χ4v) is 3.10. The molecule has 0 amide bonds. The summed E-state index contributed by atoms with van der Waals surface area (Å²) in [6.45, 7) is 14.5. The first-order valence-electron chi connectivity index (χ1n) is 8.15. The van der Waals surface area contributed by atoms with E-state index in [-0.39, 0.29) is 0 Å². The van der Waals surface area contributed by atoms with Crippen LogP contribution in [0.25, 0.3) is 0 Å². The van der Waals surface area contributed by atoms with Crippen LogP contribution in [0.5, 0.6) is 0 Å². The average Bonchev–Trinajstić information content (AvgIpc) is 2.34. The van der Waals surface area contributed by atoms with E-state index >= 15 is 0 Å². The zero-order valence-electron chi connectivity index (χ0n) is 13.6. The summed E-state index contributed by atoms with van der Waals surface area (Å²) in [5.41, 5.74) is 0. The SMILES string of the molecule is CCCC1CC(NCCN(C(C)C)C(C)C)CCO1. The molecule has 0 aliphatic carbocycles. The van der Waals surface area contributed by atoms with E-state index in [1.165, 1.54) is 25.7 Å². The van der Waals surface area contributed by atoms with Crippen molar-refractivity contribution in [1.29, 1.82) is 0 Å². The predicted molar refractivity (Wildman–Crippen MR) is 82.7 cm³/mol. The topological polar surface area (TPSA) is 24.5 Å². The molecule has 1 saturated heterocycles. The molecular formula is C16H34N2O. The maximum absolute atomic E-state index is 5.80. The van der Waals surface area contributed by atoms with Crippen LogP contribution in [0.3, 0.4) is 0 Å². The van der Waals surface area contributed by atoms with E-state index in [2.05, 4.69) is 44.8 Å². The standard InChI is InChI=1S/C16H34N2O/c1-6-7-16-12-15(8-11-19-16)17-9-10-18(13(2)3)14(4)5/h13-17H,6-12H2,1-5H3. The molecule has 1 fully saturated rings. The van der Waals surface area contributed by atoms with E-state index < -0.39 is 0 Å². The van der Waals surface area contributed by atoms with Gasteiger partial charge in [-0.3, -0.25) is 4.90 Å². The molecule has 0 radical (unpaired) electrons. The number of hydrogen-bond donors (Lipinski definition) is 1. The summed E-state index contributed by atoms with van der Waals surface area (Å²) in [4.78, 5) is 2.55. The molecule has 2 unspecified atom stereocenters. The Morgan fingerprint density at radius 2 is 1.89 bits per heavy atom. The average molecular weight is 270 g/mol. The Morgan fingerprint density at radius 3 is 2.47 bits per heavy atom. The lowest BCUT2D eigenvalue weighted by atomic mass is 10.00. The molecule has 1 rings (SSSR count). The number of hydrogen-bond acceptors (Lipinski definition) is 3. The van der Waals surface area contributed by atoms with Gasteiger partial charge in [-0.2, -0.15) is 0 Å². The van der Waals surface area contributed by atoms with E-state index in [1.54, 1.807) is 0 Å². The molecule has 0 bridgehead atoms. The maximum atomic E-state index is 5.80. The molecule has 1 heterocycles. The van der Waals surface area contributed by atoms with Crippen LogP contribution >= 0.6 is 0 Å². The Kier molecular flexibility index (Phi) is 7.96. The third-order valence-corrected chi connectivity index (χ3v) is 4.11. The first kappa shape index (κ1) is 16.9. The van der Waals surface area contributed by atoms with Crippen LogP contribution in [0, 0.1) is 0 Å². The van der Waals surface area contributed by atoms with Gasteiger partial charge in [-0.25, -0.2) is 0 Å². The maximum Gasteiger partial charge on any atom is 0.0589 e. The second-order valence-electron chi connectivity index (χ2n) is 6.38. The largest absolute Gasteiger partial charge is 0.378 e. The lowest BCUT2D eigenvalue weighted by molar-refractivity contribution is -0.00367. The summed E-state index contributed by atoms with van der Waals surface area (Å²) in [5, 5.41) is 3.73. The van der Waals surface area contributed by atoms with Crippen LogP contribution in [0.2, 0.25) is 0 Å². The van der Waals surface area contributed by atoms with Crippen LogP contribution in [-0.2, 0) is 4.74 Å². The van der Waals surface area contributed by atoms with Crippen molar-refractivity contribution >= 4 is 0 Å². The summed E-state index contributed by atoms with van der Waals surface area (Å²) >= 11 is 0. The number of nitrogens with one attached hydrogen (secondary N) is 1. The van der Waals surface area contributed by atoms with E-state index in [4.69, 9.17) is 4.74 Å². The summed E-state index contributed by atoms with van der Waals surface area (Å²) in [7, 11) is 0. The van der Waals surface area contributed by atoms with Gasteiger partial charge in [-0.05, 0) is 47.0 Å². The number of ether oxygens (including phenoxy) is 1. The minimum absolute atomic E-state index is 0.488. The molecule has 1 N–H and O–H groups in total. The summed E-state index contributed by atoms with van der Waals surface area (Å²) in [6.07, 6.45) is 5.29. The monoisotopic (exact) mass is 270 g/mol. The minimum Gasteiger partial charge on any atom is -0.378 e. The molecule has 1 aliphatic rings. The van der Waals surface area contributed by atoms with Gasteiger partial charge in [0.25, 0.3) is 0 Å². The molecule has 19 heavy (non-hydrogen) atoms. The van der Waals surface area contributed by atoms with Crippen molar-refractivity contribution in [3.05, 3.63) is 0 Å². The molecule has 3 heteroatoms. The van der Waals surface area contributed by atoms with Crippen LogP contribution in [-0.4, -0.2) is 48.8 Å². The second-order valence-corrected chi connectivity index (χ2v) is 6.38. The van der Waals surface area contributed by atoms with Crippen molar-refractivity contribution in [2.75, 3.05) is 19.7 Å².